The van der Waals surface area contributed by atoms with Gasteiger partial charge in [0.2, 0.25) is 11.7 Å². The summed E-state index contributed by atoms with van der Waals surface area (Å²) < 4.78 is 22.4. The van der Waals surface area contributed by atoms with Crippen molar-refractivity contribution in [1.29, 1.82) is 0 Å². The Morgan fingerprint density at radius 2 is 1.73 bits per heavy atom. The van der Waals surface area contributed by atoms with Crippen molar-refractivity contribution in [3.63, 3.8) is 0 Å². The molecule has 0 bridgehead atoms. The van der Waals surface area contributed by atoms with Crippen LogP contribution in [0.25, 0.3) is 11.4 Å². The number of hydrogen-bond acceptors (Lipinski definition) is 5. The second-order valence-corrected chi connectivity index (χ2v) is 8.78. The van der Waals surface area contributed by atoms with Crippen LogP contribution in [0.2, 0.25) is 0 Å². The van der Waals surface area contributed by atoms with Crippen molar-refractivity contribution >= 4 is 15.6 Å². The molecule has 0 N–H and O–H groups in total. The fraction of sp³-hybridized carbons (Fsp3) is 0.211. The average Bonchev–Trinajstić information content (AvgIpc) is 3.08. The second kappa shape index (κ2) is 7.21. The lowest BCUT2D eigenvalue weighted by Crippen LogP contribution is -2.16. The third kappa shape index (κ3) is 3.57. The third-order valence-electron chi connectivity index (χ3n) is 3.86. The molecule has 1 heterocycles. The lowest BCUT2D eigenvalue weighted by atomic mass is 10.1. The molecule has 1 unspecified atom stereocenters. The molecule has 6 nitrogen and oxygen atoms in total. The number of aromatic nitrogens is 2. The van der Waals surface area contributed by atoms with Crippen LogP contribution in [0.15, 0.2) is 68.4 Å². The van der Waals surface area contributed by atoms with Gasteiger partial charge >= 0.3 is 0 Å². The molecule has 0 fully saturated rings. The van der Waals surface area contributed by atoms with Crippen LogP contribution < -0.4 is 0 Å². The van der Waals surface area contributed by atoms with Gasteiger partial charge in [0.25, 0.3) is 5.91 Å². The van der Waals surface area contributed by atoms with Crippen LogP contribution in [0.5, 0.6) is 0 Å². The Morgan fingerprint density at radius 1 is 1.08 bits per heavy atom. The second-order valence-electron chi connectivity index (χ2n) is 6.04. The minimum atomic E-state index is -2.85. The van der Waals surface area contributed by atoms with E-state index < -0.39 is 15.6 Å². The molecule has 3 aromatic rings. The molecule has 0 spiro atoms. The van der Waals surface area contributed by atoms with Gasteiger partial charge in [-0.15, -0.1) is 0 Å². The Kier molecular flexibility index (Phi) is 4.99. The lowest BCUT2D eigenvalue weighted by Gasteiger charge is -2.13. The number of nitrogens with zero attached hydrogens (tertiary/aromatic N) is 3. The first kappa shape index (κ1) is 18.0. The highest BCUT2D eigenvalue weighted by atomic mass is 32.2. The van der Waals surface area contributed by atoms with Crippen molar-refractivity contribution in [3.05, 3.63) is 66.1 Å². The van der Waals surface area contributed by atoms with Crippen molar-refractivity contribution in [2.45, 2.75) is 30.9 Å². The van der Waals surface area contributed by atoms with Crippen LogP contribution in [0, 0.1) is 6.92 Å². The largest absolute Gasteiger partial charge is 0.339 e. The van der Waals surface area contributed by atoms with Crippen molar-refractivity contribution in [2.75, 3.05) is 0 Å². The highest BCUT2D eigenvalue weighted by Gasteiger charge is 2.20. The maximum atomic E-state index is 13.3. The van der Waals surface area contributed by atoms with Gasteiger partial charge in [0.1, 0.15) is 0 Å². The highest BCUT2D eigenvalue weighted by Crippen LogP contribution is 2.21. The summed E-state index contributed by atoms with van der Waals surface area (Å²) in [7, 11) is -2.85. The number of hydrogen-bond donors (Lipinski definition) is 0. The van der Waals surface area contributed by atoms with E-state index in [0.29, 0.717) is 22.2 Å². The summed E-state index contributed by atoms with van der Waals surface area (Å²) in [6.45, 7) is 5.31. The van der Waals surface area contributed by atoms with Crippen molar-refractivity contribution in [2.24, 2.45) is 4.36 Å². The van der Waals surface area contributed by atoms with Crippen LogP contribution in [-0.2, 0) is 9.73 Å². The minimum Gasteiger partial charge on any atom is -0.339 e. The Hall–Kier alpha value is -2.80. The van der Waals surface area contributed by atoms with Gasteiger partial charge in [-0.2, -0.15) is 9.35 Å². The quantitative estimate of drug-likeness (QED) is 0.690. The van der Waals surface area contributed by atoms with Gasteiger partial charge in [0.15, 0.2) is 0 Å². The maximum Gasteiger partial charge on any atom is 0.285 e. The highest BCUT2D eigenvalue weighted by molar-refractivity contribution is 7.94. The van der Waals surface area contributed by atoms with E-state index in [1.807, 2.05) is 6.07 Å². The van der Waals surface area contributed by atoms with Crippen molar-refractivity contribution < 1.29 is 13.5 Å². The molecule has 1 amide bonds. The normalized spacial score (nSPS) is 13.4. The molecular formula is C19H19N3O3S. The van der Waals surface area contributed by atoms with Gasteiger partial charge in [0, 0.05) is 28.2 Å². The fourth-order valence-corrected chi connectivity index (χ4v) is 4.16. The lowest BCUT2D eigenvalue weighted by molar-refractivity contribution is 0.100. The predicted molar refractivity (Wildman–Crippen MR) is 99.2 cm³/mol. The Labute approximate surface area is 152 Å². The molecular weight excluding hydrogens is 350 g/mol. The fourth-order valence-electron chi connectivity index (χ4n) is 2.40. The van der Waals surface area contributed by atoms with Gasteiger partial charge in [-0.3, -0.25) is 4.79 Å². The molecule has 134 valence electrons. The van der Waals surface area contributed by atoms with E-state index in [4.69, 9.17) is 4.52 Å². The molecule has 0 saturated carbocycles. The molecule has 0 radical (unpaired) electrons. The molecule has 0 aliphatic rings. The van der Waals surface area contributed by atoms with Crippen LogP contribution in [0.4, 0.5) is 0 Å². The summed E-state index contributed by atoms with van der Waals surface area (Å²) in [5, 5.41) is 3.55. The number of carbonyl (C=O) groups is 1. The zero-order valence-corrected chi connectivity index (χ0v) is 15.6. The first-order valence-corrected chi connectivity index (χ1v) is 9.74. The summed E-state index contributed by atoms with van der Waals surface area (Å²) in [6.07, 6.45) is 0. The number of benzene rings is 2. The van der Waals surface area contributed by atoms with E-state index >= 15 is 0 Å². The first-order chi connectivity index (χ1) is 12.4. The molecule has 1 atom stereocenters. The Bertz CT molecular complexity index is 1030. The summed E-state index contributed by atoms with van der Waals surface area (Å²) in [5.74, 6) is 0.409. The van der Waals surface area contributed by atoms with Crippen LogP contribution in [-0.4, -0.2) is 25.5 Å². The average molecular weight is 369 g/mol. The van der Waals surface area contributed by atoms with Gasteiger partial charge in [-0.05, 0) is 38.1 Å². The van der Waals surface area contributed by atoms with E-state index in [2.05, 4.69) is 14.5 Å². The van der Waals surface area contributed by atoms with Crippen molar-refractivity contribution in [1.82, 2.24) is 10.1 Å². The van der Waals surface area contributed by atoms with Crippen molar-refractivity contribution in [3.8, 4) is 11.4 Å². The van der Waals surface area contributed by atoms with E-state index in [0.717, 1.165) is 5.56 Å². The minimum absolute atomic E-state index is 0.296. The zero-order chi connectivity index (χ0) is 18.7. The molecule has 2 aromatic carbocycles. The van der Waals surface area contributed by atoms with Crippen LogP contribution >= 0.6 is 0 Å². The van der Waals surface area contributed by atoms with Crippen LogP contribution in [0.3, 0.4) is 0 Å². The summed E-state index contributed by atoms with van der Waals surface area (Å²) in [6, 6.07) is 15.6. The molecule has 0 aliphatic heterocycles. The van der Waals surface area contributed by atoms with E-state index in [1.165, 1.54) is 0 Å². The molecule has 0 saturated heterocycles. The van der Waals surface area contributed by atoms with E-state index in [-0.39, 0.29) is 5.25 Å². The Balaban J connectivity index is 1.95. The summed E-state index contributed by atoms with van der Waals surface area (Å²) in [4.78, 5) is 17.3. The monoisotopic (exact) mass is 369 g/mol. The number of aryl methyl sites for hydroxylation is 1. The number of amides is 1. The number of carbonyl (C=O) groups excluding carboxylic acids is 1. The third-order valence-corrected chi connectivity index (χ3v) is 6.52. The molecule has 3 rings (SSSR count). The Morgan fingerprint density at radius 3 is 2.27 bits per heavy atom. The molecule has 0 aliphatic carbocycles. The van der Waals surface area contributed by atoms with Crippen LogP contribution in [0.1, 0.15) is 30.1 Å². The first-order valence-electron chi connectivity index (χ1n) is 8.16. The molecule has 7 heteroatoms. The number of rotatable bonds is 4. The predicted octanol–water partition coefficient (Wildman–Crippen LogP) is 4.12. The van der Waals surface area contributed by atoms with E-state index in [9.17, 15) is 9.00 Å². The van der Waals surface area contributed by atoms with Gasteiger partial charge in [-0.1, -0.05) is 35.5 Å². The van der Waals surface area contributed by atoms with Gasteiger partial charge in [0.05, 0.1) is 9.73 Å². The molecule has 26 heavy (non-hydrogen) atoms. The molecule has 1 aromatic heterocycles. The standard InChI is InChI=1S/C19H19N3O3S/c1-13(2)26(24,17-7-5-4-6-8-17)22-19(23)16-11-9-15(10-12-16)18-20-14(3)25-21-18/h4-13H,1-3H3. The smallest absolute Gasteiger partial charge is 0.285 e. The zero-order valence-electron chi connectivity index (χ0n) is 14.7. The summed E-state index contributed by atoms with van der Waals surface area (Å²) >= 11 is 0. The van der Waals surface area contributed by atoms with Gasteiger partial charge < -0.3 is 4.52 Å². The summed E-state index contributed by atoms with van der Waals surface area (Å²) in [5.41, 5.74) is 1.09. The maximum absolute atomic E-state index is 13.3. The SMILES string of the molecule is Cc1nc(-c2ccc(C(=O)N=S(=O)(c3ccccc3)C(C)C)cc2)no1. The van der Waals surface area contributed by atoms with Gasteiger partial charge in [-0.25, -0.2) is 4.21 Å². The van der Waals surface area contributed by atoms with E-state index in [1.54, 1.807) is 69.3 Å². The topological polar surface area (TPSA) is 85.4 Å².